The minimum atomic E-state index is -0.918. The molecule has 0 N–H and O–H groups in total. The fourth-order valence-electron chi connectivity index (χ4n) is 2.16. The van der Waals surface area contributed by atoms with Crippen molar-refractivity contribution in [2.24, 2.45) is 0 Å². The summed E-state index contributed by atoms with van der Waals surface area (Å²) >= 11 is 0. The van der Waals surface area contributed by atoms with Gasteiger partial charge in [0.05, 0.1) is 22.0 Å². The van der Waals surface area contributed by atoms with Gasteiger partial charge in [-0.25, -0.2) is 8.78 Å². The van der Waals surface area contributed by atoms with Crippen molar-refractivity contribution in [3.05, 3.63) is 68.3 Å². The van der Waals surface area contributed by atoms with Crippen LogP contribution in [0.4, 0.5) is 20.2 Å². The van der Waals surface area contributed by atoms with E-state index >= 15 is 0 Å². The highest BCUT2D eigenvalue weighted by atomic mass is 19.1. The summed E-state index contributed by atoms with van der Waals surface area (Å²) in [6.07, 6.45) is -0.772. The number of carbonyl (C=O) groups is 2. The Hall–Kier alpha value is -3.96. The molecule has 0 aliphatic rings. The lowest BCUT2D eigenvalue weighted by atomic mass is 10.2. The van der Waals surface area contributed by atoms with Crippen molar-refractivity contribution in [1.29, 1.82) is 0 Å². The summed E-state index contributed by atoms with van der Waals surface area (Å²) in [5.74, 6) is -4.50. The number of ether oxygens (including phenoxy) is 2. The molecule has 0 atom stereocenters. The van der Waals surface area contributed by atoms with Gasteiger partial charge < -0.3 is 9.47 Å². The molecular formula is C17H12F2N2O8. The van der Waals surface area contributed by atoms with Gasteiger partial charge in [0.1, 0.15) is 11.6 Å². The first kappa shape index (κ1) is 21.3. The van der Waals surface area contributed by atoms with Crippen LogP contribution in [0.1, 0.15) is 19.3 Å². The number of hydrogen-bond donors (Lipinski definition) is 0. The highest BCUT2D eigenvalue weighted by molar-refractivity contribution is 5.76. The molecule has 0 saturated heterocycles. The topological polar surface area (TPSA) is 139 Å². The largest absolute Gasteiger partial charge is 0.419 e. The van der Waals surface area contributed by atoms with Crippen LogP contribution in [0.2, 0.25) is 0 Å². The Balaban J connectivity index is 1.89. The molecule has 0 bridgehead atoms. The van der Waals surface area contributed by atoms with Crippen LogP contribution in [0, 0.1) is 31.9 Å². The maximum Gasteiger partial charge on any atom is 0.314 e. The van der Waals surface area contributed by atoms with Crippen molar-refractivity contribution in [3.8, 4) is 11.5 Å². The third-order valence-corrected chi connectivity index (χ3v) is 3.44. The molecule has 10 nitrogen and oxygen atoms in total. The van der Waals surface area contributed by atoms with Gasteiger partial charge in [0, 0.05) is 12.8 Å². The second kappa shape index (κ2) is 9.30. The van der Waals surface area contributed by atoms with E-state index in [1.807, 2.05) is 0 Å². The van der Waals surface area contributed by atoms with Gasteiger partial charge in [-0.05, 0) is 30.7 Å². The fourth-order valence-corrected chi connectivity index (χ4v) is 2.16. The molecule has 2 aromatic rings. The van der Waals surface area contributed by atoms with Gasteiger partial charge in [0.25, 0.3) is 0 Å². The van der Waals surface area contributed by atoms with Gasteiger partial charge in [0.2, 0.25) is 11.5 Å². The number of rotatable bonds is 8. The minimum absolute atomic E-state index is 0.0956. The van der Waals surface area contributed by atoms with Crippen molar-refractivity contribution in [2.75, 3.05) is 0 Å². The van der Waals surface area contributed by atoms with E-state index < -0.39 is 56.3 Å². The molecule has 0 heterocycles. The number of nitrogens with zero attached hydrogens (tertiary/aromatic N) is 2. The van der Waals surface area contributed by atoms with E-state index in [1.165, 1.54) is 0 Å². The molecule has 0 unspecified atom stereocenters. The van der Waals surface area contributed by atoms with Crippen LogP contribution < -0.4 is 9.47 Å². The van der Waals surface area contributed by atoms with E-state index in [0.717, 1.165) is 24.3 Å². The summed E-state index contributed by atoms with van der Waals surface area (Å²) < 4.78 is 35.7. The average Bonchev–Trinajstić information content (AvgIpc) is 2.64. The fraction of sp³-hybridized carbons (Fsp3) is 0.176. The third-order valence-electron chi connectivity index (χ3n) is 3.44. The number of halogens is 2. The first-order chi connectivity index (χ1) is 13.7. The molecule has 0 radical (unpaired) electrons. The zero-order valence-electron chi connectivity index (χ0n) is 14.5. The van der Waals surface area contributed by atoms with Gasteiger partial charge in [0.15, 0.2) is 0 Å². The third kappa shape index (κ3) is 6.02. The summed E-state index contributed by atoms with van der Waals surface area (Å²) in [4.78, 5) is 43.4. The molecule has 0 spiro atoms. The summed E-state index contributed by atoms with van der Waals surface area (Å²) in [7, 11) is 0. The molecule has 0 fully saturated rings. The summed E-state index contributed by atoms with van der Waals surface area (Å²) in [5.41, 5.74) is -1.47. The first-order valence-electron chi connectivity index (χ1n) is 7.96. The van der Waals surface area contributed by atoms with Crippen LogP contribution in [0.5, 0.6) is 11.5 Å². The zero-order valence-corrected chi connectivity index (χ0v) is 14.5. The lowest BCUT2D eigenvalue weighted by Gasteiger charge is -2.06. The quantitative estimate of drug-likeness (QED) is 0.279. The molecule has 0 aliphatic carbocycles. The van der Waals surface area contributed by atoms with Crippen molar-refractivity contribution < 1.29 is 37.7 Å². The van der Waals surface area contributed by atoms with Gasteiger partial charge in [-0.2, -0.15) is 0 Å². The molecule has 0 saturated carbocycles. The lowest BCUT2D eigenvalue weighted by molar-refractivity contribution is -0.386. The molecular weight excluding hydrogens is 398 g/mol. The molecule has 0 amide bonds. The normalized spacial score (nSPS) is 10.3. The van der Waals surface area contributed by atoms with Gasteiger partial charge in [-0.3, -0.25) is 29.8 Å². The van der Waals surface area contributed by atoms with E-state index in [2.05, 4.69) is 0 Å². The van der Waals surface area contributed by atoms with Crippen LogP contribution in [-0.2, 0) is 9.59 Å². The molecule has 2 aromatic carbocycles. The van der Waals surface area contributed by atoms with Crippen molar-refractivity contribution in [2.45, 2.75) is 19.3 Å². The van der Waals surface area contributed by atoms with E-state index in [9.17, 15) is 38.6 Å². The van der Waals surface area contributed by atoms with Crippen LogP contribution >= 0.6 is 0 Å². The van der Waals surface area contributed by atoms with Crippen LogP contribution in [0.15, 0.2) is 36.4 Å². The Labute approximate surface area is 161 Å². The summed E-state index contributed by atoms with van der Waals surface area (Å²) in [6.45, 7) is 0. The molecule has 29 heavy (non-hydrogen) atoms. The van der Waals surface area contributed by atoms with E-state index in [0.29, 0.717) is 12.1 Å². The number of nitro benzene ring substituents is 2. The summed E-state index contributed by atoms with van der Waals surface area (Å²) in [6, 6.07) is 4.79. The molecule has 12 heteroatoms. The minimum Gasteiger partial charge on any atom is -0.419 e. The van der Waals surface area contributed by atoms with Crippen LogP contribution in [0.3, 0.4) is 0 Å². The monoisotopic (exact) mass is 410 g/mol. The predicted octanol–water partition coefficient (Wildman–Crippen LogP) is 3.46. The maximum absolute atomic E-state index is 13.1. The van der Waals surface area contributed by atoms with Crippen LogP contribution in [-0.4, -0.2) is 21.8 Å². The van der Waals surface area contributed by atoms with E-state index in [-0.39, 0.29) is 19.3 Å². The number of nitro groups is 2. The van der Waals surface area contributed by atoms with Gasteiger partial charge in [-0.15, -0.1) is 0 Å². The molecule has 0 aromatic heterocycles. The Morgan fingerprint density at radius 3 is 1.52 bits per heavy atom. The standard InChI is InChI=1S/C17H12F2N2O8/c18-10-4-6-14(12(8-10)20(24)25)28-16(22)2-1-3-17(23)29-15-7-5-11(19)9-13(15)21(26)27/h4-9H,1-3H2. The Bertz CT molecular complexity index is 902. The smallest absolute Gasteiger partial charge is 0.314 e. The number of esters is 2. The van der Waals surface area contributed by atoms with E-state index in [4.69, 9.17) is 9.47 Å². The lowest BCUT2D eigenvalue weighted by Crippen LogP contribution is -2.13. The Morgan fingerprint density at radius 1 is 0.793 bits per heavy atom. The SMILES string of the molecule is O=C(CCCC(=O)Oc1ccc(F)cc1[N+](=O)[O-])Oc1ccc(F)cc1[N+](=O)[O-]. The van der Waals surface area contributed by atoms with Gasteiger partial charge in [-0.1, -0.05) is 0 Å². The molecule has 152 valence electrons. The maximum atomic E-state index is 13.1. The highest BCUT2D eigenvalue weighted by Crippen LogP contribution is 2.29. The number of benzene rings is 2. The zero-order chi connectivity index (χ0) is 21.6. The first-order valence-corrected chi connectivity index (χ1v) is 7.96. The van der Waals surface area contributed by atoms with Crippen molar-refractivity contribution in [3.63, 3.8) is 0 Å². The Kier molecular flexibility index (Phi) is 6.85. The predicted molar refractivity (Wildman–Crippen MR) is 91.2 cm³/mol. The average molecular weight is 410 g/mol. The molecule has 0 aliphatic heterocycles. The van der Waals surface area contributed by atoms with Crippen molar-refractivity contribution >= 4 is 23.3 Å². The van der Waals surface area contributed by atoms with Gasteiger partial charge >= 0.3 is 23.3 Å². The van der Waals surface area contributed by atoms with Crippen LogP contribution in [0.25, 0.3) is 0 Å². The number of hydrogen-bond acceptors (Lipinski definition) is 8. The highest BCUT2D eigenvalue weighted by Gasteiger charge is 2.21. The molecule has 2 rings (SSSR count). The second-order valence-corrected chi connectivity index (χ2v) is 5.54. The van der Waals surface area contributed by atoms with Crippen molar-refractivity contribution in [1.82, 2.24) is 0 Å². The number of carbonyl (C=O) groups excluding carboxylic acids is 2. The van der Waals surface area contributed by atoms with E-state index in [1.54, 1.807) is 0 Å². The Morgan fingerprint density at radius 2 is 1.17 bits per heavy atom. The summed E-state index contributed by atoms with van der Waals surface area (Å²) in [5, 5.41) is 21.7. The second-order valence-electron chi connectivity index (χ2n) is 5.54.